The highest BCUT2D eigenvalue weighted by atomic mass is 16.5. The van der Waals surface area contributed by atoms with Crippen LogP contribution < -0.4 is 14.2 Å². The van der Waals surface area contributed by atoms with Crippen molar-refractivity contribution in [3.63, 3.8) is 0 Å². The Balaban J connectivity index is 1.60. The van der Waals surface area contributed by atoms with E-state index >= 15 is 0 Å². The number of carboxylic acid groups (broad SMARTS) is 1. The van der Waals surface area contributed by atoms with Gasteiger partial charge in [-0.05, 0) is 41.8 Å². The minimum atomic E-state index is -1.13. The Labute approximate surface area is 226 Å². The lowest BCUT2D eigenvalue weighted by molar-refractivity contribution is 0.0691. The molecule has 4 aromatic carbocycles. The molecule has 196 valence electrons. The Kier molecular flexibility index (Phi) is 7.59. The molecule has 0 atom stereocenters. The number of benzene rings is 4. The summed E-state index contributed by atoms with van der Waals surface area (Å²) in [5.74, 6) is 0.599. The van der Waals surface area contributed by atoms with Crippen molar-refractivity contribution < 1.29 is 28.6 Å². The van der Waals surface area contributed by atoms with Crippen molar-refractivity contribution >= 4 is 5.97 Å². The number of aromatic nitrogens is 1. The Hall–Kier alpha value is -5.04. The third-order valence-corrected chi connectivity index (χ3v) is 6.27. The second-order valence-corrected chi connectivity index (χ2v) is 8.90. The molecule has 1 N–H and O–H groups in total. The van der Waals surface area contributed by atoms with Gasteiger partial charge in [-0.25, -0.2) is 4.79 Å². The Morgan fingerprint density at radius 3 is 1.97 bits per heavy atom. The van der Waals surface area contributed by atoms with Crippen molar-refractivity contribution in [2.45, 2.75) is 20.1 Å². The van der Waals surface area contributed by atoms with Gasteiger partial charge in [0.1, 0.15) is 36.0 Å². The van der Waals surface area contributed by atoms with E-state index in [1.165, 1.54) is 6.07 Å². The molecule has 39 heavy (non-hydrogen) atoms. The molecule has 7 nitrogen and oxygen atoms in total. The lowest BCUT2D eigenvalue weighted by atomic mass is 9.97. The van der Waals surface area contributed by atoms with E-state index < -0.39 is 5.97 Å². The lowest BCUT2D eigenvalue weighted by Crippen LogP contribution is -2.06. The van der Waals surface area contributed by atoms with Gasteiger partial charge in [-0.3, -0.25) is 0 Å². The molecule has 0 fully saturated rings. The van der Waals surface area contributed by atoms with Crippen LogP contribution in [0.4, 0.5) is 0 Å². The fraction of sp³-hybridized carbons (Fsp3) is 0.125. The van der Waals surface area contributed by atoms with Crippen LogP contribution in [-0.2, 0) is 13.2 Å². The summed E-state index contributed by atoms with van der Waals surface area (Å²) in [6.07, 6.45) is 0. The van der Waals surface area contributed by atoms with Crippen LogP contribution in [0.1, 0.15) is 27.2 Å². The quantitative estimate of drug-likeness (QED) is 0.208. The average molecular weight is 522 g/mol. The SMILES string of the molecule is COc1ccc(-c2c(C)noc2-c2cc(C(=O)O)c(OCc3ccccc3)cc2OCc2ccccc2)cc1. The van der Waals surface area contributed by atoms with Gasteiger partial charge in [0.15, 0.2) is 5.76 Å². The third-order valence-electron chi connectivity index (χ3n) is 6.27. The summed E-state index contributed by atoms with van der Waals surface area (Å²) in [6.45, 7) is 2.31. The molecule has 0 aliphatic heterocycles. The van der Waals surface area contributed by atoms with Gasteiger partial charge < -0.3 is 23.8 Å². The number of carbonyl (C=O) groups is 1. The number of carboxylic acids is 1. The lowest BCUT2D eigenvalue weighted by Gasteiger charge is -2.16. The van der Waals surface area contributed by atoms with Crippen molar-refractivity contribution in [1.82, 2.24) is 5.16 Å². The van der Waals surface area contributed by atoms with E-state index in [-0.39, 0.29) is 24.5 Å². The highest BCUT2D eigenvalue weighted by Gasteiger charge is 2.25. The first-order chi connectivity index (χ1) is 19.0. The van der Waals surface area contributed by atoms with Gasteiger partial charge in [0.05, 0.1) is 23.9 Å². The summed E-state index contributed by atoms with van der Waals surface area (Å²) in [7, 11) is 1.61. The zero-order valence-corrected chi connectivity index (χ0v) is 21.6. The Morgan fingerprint density at radius 2 is 1.41 bits per heavy atom. The maximum atomic E-state index is 12.4. The first-order valence-corrected chi connectivity index (χ1v) is 12.4. The van der Waals surface area contributed by atoms with Crippen molar-refractivity contribution in [1.29, 1.82) is 0 Å². The predicted octanol–water partition coefficient (Wildman–Crippen LogP) is 7.18. The van der Waals surface area contributed by atoms with Crippen LogP contribution in [0.15, 0.2) is 102 Å². The van der Waals surface area contributed by atoms with Gasteiger partial charge in [-0.15, -0.1) is 0 Å². The monoisotopic (exact) mass is 521 g/mol. The summed E-state index contributed by atoms with van der Waals surface area (Å²) in [5.41, 5.74) is 4.56. The van der Waals surface area contributed by atoms with Crippen LogP contribution in [0.2, 0.25) is 0 Å². The zero-order valence-electron chi connectivity index (χ0n) is 21.6. The molecule has 0 saturated carbocycles. The average Bonchev–Trinajstić information content (AvgIpc) is 3.36. The number of ether oxygens (including phenoxy) is 3. The molecule has 0 amide bonds. The highest BCUT2D eigenvalue weighted by Crippen LogP contribution is 2.43. The summed E-state index contributed by atoms with van der Waals surface area (Å²) >= 11 is 0. The van der Waals surface area contributed by atoms with Gasteiger partial charge in [0, 0.05) is 6.07 Å². The molecule has 0 unspecified atom stereocenters. The molecule has 0 spiro atoms. The Bertz CT molecular complexity index is 1560. The van der Waals surface area contributed by atoms with E-state index in [1.54, 1.807) is 13.2 Å². The van der Waals surface area contributed by atoms with Crippen LogP contribution in [0.3, 0.4) is 0 Å². The topological polar surface area (TPSA) is 91.0 Å². The summed E-state index contributed by atoms with van der Waals surface area (Å²) in [5, 5.41) is 14.3. The van der Waals surface area contributed by atoms with Crippen LogP contribution in [0, 0.1) is 6.92 Å². The number of hydrogen-bond acceptors (Lipinski definition) is 6. The van der Waals surface area contributed by atoms with Gasteiger partial charge in [-0.2, -0.15) is 0 Å². The number of hydrogen-bond donors (Lipinski definition) is 1. The Morgan fingerprint density at radius 1 is 0.821 bits per heavy atom. The largest absolute Gasteiger partial charge is 0.497 e. The fourth-order valence-corrected chi connectivity index (χ4v) is 4.27. The van der Waals surface area contributed by atoms with Crippen LogP contribution >= 0.6 is 0 Å². The molecule has 0 aliphatic rings. The van der Waals surface area contributed by atoms with E-state index in [0.717, 1.165) is 28.0 Å². The van der Waals surface area contributed by atoms with Crippen LogP contribution in [0.25, 0.3) is 22.5 Å². The first kappa shape index (κ1) is 25.6. The highest BCUT2D eigenvalue weighted by molar-refractivity contribution is 5.95. The standard InChI is InChI=1S/C32H27NO6/c1-21-30(24-13-15-25(36-2)16-14-24)31(39-33-21)26-17-27(32(34)35)29(38-20-23-11-7-4-8-12-23)18-28(26)37-19-22-9-5-3-6-10-22/h3-18H,19-20H2,1-2H3,(H,34,35). The van der Waals surface area contributed by atoms with Gasteiger partial charge in [0.25, 0.3) is 0 Å². The molecular weight excluding hydrogens is 494 g/mol. The van der Waals surface area contributed by atoms with Crippen LogP contribution in [0.5, 0.6) is 17.2 Å². The zero-order chi connectivity index (χ0) is 27.2. The van der Waals surface area contributed by atoms with Crippen molar-refractivity contribution in [3.8, 4) is 39.7 Å². The van der Waals surface area contributed by atoms with E-state index in [4.69, 9.17) is 18.7 Å². The number of methoxy groups -OCH3 is 1. The summed E-state index contributed by atoms with van der Waals surface area (Å²) in [6, 6.07) is 29.9. The number of nitrogens with zero attached hydrogens (tertiary/aromatic N) is 1. The smallest absolute Gasteiger partial charge is 0.339 e. The molecular formula is C32H27NO6. The molecule has 0 saturated heterocycles. The van der Waals surface area contributed by atoms with E-state index in [0.29, 0.717) is 22.8 Å². The summed E-state index contributed by atoms with van der Waals surface area (Å²) < 4.78 is 23.3. The first-order valence-electron chi connectivity index (χ1n) is 12.4. The van der Waals surface area contributed by atoms with Gasteiger partial charge in [0.2, 0.25) is 0 Å². The maximum Gasteiger partial charge on any atom is 0.339 e. The fourth-order valence-electron chi connectivity index (χ4n) is 4.27. The normalized spacial score (nSPS) is 10.7. The van der Waals surface area contributed by atoms with Crippen molar-refractivity contribution in [2.75, 3.05) is 7.11 Å². The molecule has 1 heterocycles. The molecule has 5 rings (SSSR count). The second kappa shape index (κ2) is 11.6. The number of rotatable bonds is 10. The number of aromatic carboxylic acids is 1. The van der Waals surface area contributed by atoms with E-state index in [1.807, 2.05) is 91.9 Å². The second-order valence-electron chi connectivity index (χ2n) is 8.90. The maximum absolute atomic E-state index is 12.4. The van der Waals surface area contributed by atoms with Crippen molar-refractivity contribution in [3.05, 3.63) is 119 Å². The van der Waals surface area contributed by atoms with Gasteiger partial charge in [-0.1, -0.05) is 78.0 Å². The number of aryl methyl sites for hydroxylation is 1. The van der Waals surface area contributed by atoms with E-state index in [2.05, 4.69) is 5.16 Å². The van der Waals surface area contributed by atoms with Crippen LogP contribution in [-0.4, -0.2) is 23.3 Å². The van der Waals surface area contributed by atoms with E-state index in [9.17, 15) is 9.90 Å². The molecule has 1 aromatic heterocycles. The predicted molar refractivity (Wildman–Crippen MR) is 147 cm³/mol. The third kappa shape index (κ3) is 5.78. The molecule has 5 aromatic rings. The minimum absolute atomic E-state index is 0.0114. The molecule has 7 heteroatoms. The minimum Gasteiger partial charge on any atom is -0.497 e. The molecule has 0 radical (unpaired) electrons. The van der Waals surface area contributed by atoms with Gasteiger partial charge >= 0.3 is 5.97 Å². The summed E-state index contributed by atoms with van der Waals surface area (Å²) in [4.78, 5) is 12.4. The molecule has 0 bridgehead atoms. The van der Waals surface area contributed by atoms with Crippen molar-refractivity contribution in [2.24, 2.45) is 0 Å². The molecule has 0 aliphatic carbocycles.